The molecule has 10 heteroatoms. The minimum absolute atomic E-state index is 0.275. The molecule has 6 rings (SSSR count). The van der Waals surface area contributed by atoms with Crippen molar-refractivity contribution in [3.05, 3.63) is 136 Å². The van der Waals surface area contributed by atoms with Crippen LogP contribution in [0.25, 0.3) is 0 Å². The summed E-state index contributed by atoms with van der Waals surface area (Å²) < 4.78 is 27.8. The highest BCUT2D eigenvalue weighted by Gasteiger charge is 2.35. The average molecular weight is 636 g/mol. The minimum Gasteiger partial charge on any atom is -0.492 e. The molecule has 0 bridgehead atoms. The molecule has 1 unspecified atom stereocenters. The van der Waals surface area contributed by atoms with Gasteiger partial charge in [0.2, 0.25) is 11.1 Å². The summed E-state index contributed by atoms with van der Waals surface area (Å²) in [5, 5.41) is 11.6. The number of halogens is 1. The molecule has 8 nitrogen and oxygen atoms in total. The number of carbonyl (C=O) groups excluding carboxylic acids is 1. The number of hydrogen-bond donors (Lipinski definition) is 2. The molecular weight excluding hydrogens is 601 g/mol. The largest absolute Gasteiger partial charge is 0.492 e. The number of nitrogens with zero attached hydrogens (tertiary/aromatic N) is 3. The number of aromatic nitrogens is 3. The van der Waals surface area contributed by atoms with Gasteiger partial charge in [-0.2, -0.15) is 4.98 Å². The molecule has 0 saturated carbocycles. The average Bonchev–Trinajstić information content (AvgIpc) is 3.47. The Bertz CT molecular complexity index is 1870. The van der Waals surface area contributed by atoms with E-state index >= 15 is 0 Å². The van der Waals surface area contributed by atoms with E-state index in [1.807, 2.05) is 62.4 Å². The fourth-order valence-electron chi connectivity index (χ4n) is 5.19. The lowest BCUT2D eigenvalue weighted by atomic mass is 9.95. The van der Waals surface area contributed by atoms with Crippen molar-refractivity contribution in [2.45, 2.75) is 44.3 Å². The first kappa shape index (κ1) is 30.9. The third kappa shape index (κ3) is 6.92. The zero-order valence-electron chi connectivity index (χ0n) is 25.8. The van der Waals surface area contributed by atoms with E-state index in [0.717, 1.165) is 11.1 Å². The molecule has 5 aromatic rings. The highest BCUT2D eigenvalue weighted by Crippen LogP contribution is 2.38. The first-order valence-electron chi connectivity index (χ1n) is 15.0. The van der Waals surface area contributed by atoms with E-state index in [-0.39, 0.29) is 11.7 Å². The van der Waals surface area contributed by atoms with E-state index in [1.165, 1.54) is 23.4 Å². The molecular formula is C36H34FN5O3S. The highest BCUT2D eigenvalue weighted by atomic mass is 32.2. The van der Waals surface area contributed by atoms with Crippen LogP contribution in [0, 0.1) is 12.7 Å². The van der Waals surface area contributed by atoms with E-state index in [0.29, 0.717) is 64.1 Å². The summed E-state index contributed by atoms with van der Waals surface area (Å²) in [5.74, 6) is 1.56. The van der Waals surface area contributed by atoms with Crippen LogP contribution in [0.1, 0.15) is 42.1 Å². The maximum atomic E-state index is 14.3. The summed E-state index contributed by atoms with van der Waals surface area (Å²) in [4.78, 5) is 18.7. The maximum absolute atomic E-state index is 14.3. The Balaban J connectivity index is 1.30. The van der Waals surface area contributed by atoms with E-state index in [4.69, 9.17) is 19.6 Å². The SMILES string of the molecule is CCOc1ccccc1NC(=O)C1=C(C)Nc2nc(SCc3ccccc3F)nn2C1c1ccc(OCc2ccc(C)cc2)cc1. The monoisotopic (exact) mass is 635 g/mol. The van der Waals surface area contributed by atoms with Gasteiger partial charge in [0.1, 0.15) is 30.0 Å². The highest BCUT2D eigenvalue weighted by molar-refractivity contribution is 7.98. The first-order chi connectivity index (χ1) is 22.4. The fourth-order valence-corrected chi connectivity index (χ4v) is 6.01. The lowest BCUT2D eigenvalue weighted by molar-refractivity contribution is -0.113. The van der Waals surface area contributed by atoms with Gasteiger partial charge >= 0.3 is 0 Å². The number of rotatable bonds is 11. The van der Waals surface area contributed by atoms with Crippen molar-refractivity contribution in [3.63, 3.8) is 0 Å². The third-order valence-electron chi connectivity index (χ3n) is 7.55. The van der Waals surface area contributed by atoms with Gasteiger partial charge in [0, 0.05) is 11.4 Å². The number of fused-ring (bicyclic) bond motifs is 1. The minimum atomic E-state index is -0.600. The zero-order chi connectivity index (χ0) is 32.0. The van der Waals surface area contributed by atoms with Crippen molar-refractivity contribution in [1.29, 1.82) is 0 Å². The van der Waals surface area contributed by atoms with Gasteiger partial charge in [0.05, 0.1) is 17.9 Å². The van der Waals surface area contributed by atoms with Crippen LogP contribution in [0.4, 0.5) is 16.0 Å². The molecule has 46 heavy (non-hydrogen) atoms. The van der Waals surface area contributed by atoms with Crippen molar-refractivity contribution in [3.8, 4) is 11.5 Å². The first-order valence-corrected chi connectivity index (χ1v) is 16.0. The van der Waals surface area contributed by atoms with Crippen molar-refractivity contribution >= 4 is 29.3 Å². The van der Waals surface area contributed by atoms with Gasteiger partial charge in [0.25, 0.3) is 5.91 Å². The molecule has 0 saturated heterocycles. The second-order valence-corrected chi connectivity index (χ2v) is 11.8. The Morgan fingerprint density at radius 3 is 2.46 bits per heavy atom. The van der Waals surface area contributed by atoms with Gasteiger partial charge in [-0.05, 0) is 67.8 Å². The summed E-state index contributed by atoms with van der Waals surface area (Å²) in [6, 6.07) is 29.3. The van der Waals surface area contributed by atoms with Crippen LogP contribution < -0.4 is 20.1 Å². The summed E-state index contributed by atoms with van der Waals surface area (Å²) in [5.41, 5.74) is 5.34. The lowest BCUT2D eigenvalue weighted by Crippen LogP contribution is -2.31. The Morgan fingerprint density at radius 1 is 0.957 bits per heavy atom. The third-order valence-corrected chi connectivity index (χ3v) is 8.44. The number of amides is 1. The topological polar surface area (TPSA) is 90.3 Å². The van der Waals surface area contributed by atoms with Crippen LogP contribution in [0.15, 0.2) is 113 Å². The number of hydrogen-bond acceptors (Lipinski definition) is 7. The second kappa shape index (κ2) is 13.9. The van der Waals surface area contributed by atoms with Crippen LogP contribution >= 0.6 is 11.8 Å². The number of carbonyl (C=O) groups is 1. The van der Waals surface area contributed by atoms with E-state index < -0.39 is 6.04 Å². The predicted octanol–water partition coefficient (Wildman–Crippen LogP) is 7.92. The van der Waals surface area contributed by atoms with Gasteiger partial charge in [-0.1, -0.05) is 84.1 Å². The number of anilines is 2. The summed E-state index contributed by atoms with van der Waals surface area (Å²) in [6.45, 7) is 6.70. The number of para-hydroxylation sites is 2. The predicted molar refractivity (Wildman–Crippen MR) is 179 cm³/mol. The normalized spacial score (nSPS) is 14.0. The van der Waals surface area contributed by atoms with Crippen LogP contribution in [0.3, 0.4) is 0 Å². The molecule has 1 aromatic heterocycles. The van der Waals surface area contributed by atoms with E-state index in [9.17, 15) is 9.18 Å². The summed E-state index contributed by atoms with van der Waals surface area (Å²) >= 11 is 1.33. The van der Waals surface area contributed by atoms with Crippen molar-refractivity contribution in [2.24, 2.45) is 0 Å². The van der Waals surface area contributed by atoms with Crippen molar-refractivity contribution < 1.29 is 18.7 Å². The summed E-state index contributed by atoms with van der Waals surface area (Å²) in [6.07, 6.45) is 0. The maximum Gasteiger partial charge on any atom is 0.255 e. The van der Waals surface area contributed by atoms with E-state index in [2.05, 4.69) is 41.8 Å². The Kier molecular flexibility index (Phi) is 9.35. The van der Waals surface area contributed by atoms with Gasteiger partial charge in [0.15, 0.2) is 0 Å². The number of aryl methyl sites for hydroxylation is 1. The van der Waals surface area contributed by atoms with Crippen molar-refractivity contribution in [2.75, 3.05) is 17.2 Å². The molecule has 2 heterocycles. The van der Waals surface area contributed by atoms with Gasteiger partial charge < -0.3 is 20.1 Å². The molecule has 2 N–H and O–H groups in total. The van der Waals surface area contributed by atoms with Crippen LogP contribution in [-0.2, 0) is 17.2 Å². The van der Waals surface area contributed by atoms with E-state index in [1.54, 1.807) is 22.9 Å². The number of ether oxygens (including phenoxy) is 2. The van der Waals surface area contributed by atoms with Gasteiger partial charge in [-0.15, -0.1) is 5.10 Å². The second-order valence-electron chi connectivity index (χ2n) is 10.8. The molecule has 4 aromatic carbocycles. The number of thioether (sulfide) groups is 1. The molecule has 0 radical (unpaired) electrons. The fraction of sp³-hybridized carbons (Fsp3) is 0.194. The standard InChI is InChI=1S/C36H34FN5O3S/c1-4-44-31-12-8-7-11-30(31)39-34(43)32-24(3)38-35-40-36(46-22-27-9-5-6-10-29(27)37)41-42(35)33(32)26-17-19-28(20-18-26)45-21-25-15-13-23(2)14-16-25/h5-20,33H,4,21-22H2,1-3H3,(H,39,43)(H,38,40,41). The number of benzene rings is 4. The Morgan fingerprint density at radius 2 is 1.70 bits per heavy atom. The van der Waals surface area contributed by atoms with Crippen molar-refractivity contribution in [1.82, 2.24) is 14.8 Å². The molecule has 0 spiro atoms. The Labute approximate surface area is 271 Å². The van der Waals surface area contributed by atoms with Crippen LogP contribution in [0.2, 0.25) is 0 Å². The molecule has 1 aliphatic heterocycles. The lowest BCUT2D eigenvalue weighted by Gasteiger charge is -2.29. The zero-order valence-corrected chi connectivity index (χ0v) is 26.6. The smallest absolute Gasteiger partial charge is 0.255 e. The number of nitrogens with one attached hydrogen (secondary N) is 2. The molecule has 0 fully saturated rings. The molecule has 0 aliphatic carbocycles. The summed E-state index contributed by atoms with van der Waals surface area (Å²) in [7, 11) is 0. The molecule has 1 amide bonds. The van der Waals surface area contributed by atoms with Crippen LogP contribution in [-0.4, -0.2) is 27.3 Å². The number of allylic oxidation sites excluding steroid dienone is 1. The molecule has 234 valence electrons. The van der Waals surface area contributed by atoms with Gasteiger partial charge in [-0.3, -0.25) is 4.79 Å². The van der Waals surface area contributed by atoms with Crippen LogP contribution in [0.5, 0.6) is 11.5 Å². The molecule has 1 aliphatic rings. The Hall–Kier alpha value is -5.09. The quantitative estimate of drug-likeness (QED) is 0.143. The van der Waals surface area contributed by atoms with Gasteiger partial charge in [-0.25, -0.2) is 9.07 Å². The molecule has 1 atom stereocenters.